The highest BCUT2D eigenvalue weighted by Crippen LogP contribution is 2.34. The van der Waals surface area contributed by atoms with Crippen LogP contribution in [0.5, 0.6) is 11.5 Å². The summed E-state index contributed by atoms with van der Waals surface area (Å²) in [6, 6.07) is 11.8. The fourth-order valence-corrected chi connectivity index (χ4v) is 3.77. The predicted octanol–water partition coefficient (Wildman–Crippen LogP) is 1.97. The molecule has 0 aliphatic carbocycles. The van der Waals surface area contributed by atoms with Gasteiger partial charge in [-0.1, -0.05) is 18.2 Å². The van der Waals surface area contributed by atoms with Crippen molar-refractivity contribution in [2.24, 2.45) is 5.92 Å². The van der Waals surface area contributed by atoms with Gasteiger partial charge >= 0.3 is 6.03 Å². The summed E-state index contributed by atoms with van der Waals surface area (Å²) in [6.07, 6.45) is 0.745. The third kappa shape index (κ3) is 3.16. The van der Waals surface area contributed by atoms with E-state index in [-0.39, 0.29) is 12.5 Å². The average molecular weight is 395 g/mol. The maximum Gasteiger partial charge on any atom is 0.328 e. The molecule has 0 radical (unpaired) electrons. The number of carbonyl (C=O) groups excluding carboxylic acids is 3. The first-order chi connectivity index (χ1) is 14.0. The van der Waals surface area contributed by atoms with Gasteiger partial charge in [-0.15, -0.1) is 0 Å². The van der Waals surface area contributed by atoms with Crippen molar-refractivity contribution in [3.05, 3.63) is 48.0 Å². The summed E-state index contributed by atoms with van der Waals surface area (Å²) >= 11 is 0. The van der Waals surface area contributed by atoms with E-state index in [1.54, 1.807) is 17.0 Å². The molecule has 8 heteroatoms. The topological polar surface area (TPSA) is 88.2 Å². The molecule has 2 aliphatic heterocycles. The molecule has 4 rings (SSSR count). The second kappa shape index (κ2) is 7.46. The van der Waals surface area contributed by atoms with Crippen molar-refractivity contribution in [3.63, 3.8) is 0 Å². The standard InChI is InChI=1S/C21H21N3O5/c1-28-17-8-7-14(11-18(17)29-2)24-20(26)15(12-22-21(24)27)19(25)23-10-9-13-5-3-4-6-16(13)23/h3-8,11,15H,9-10,12H2,1-2H3,(H,22,27). The number of urea groups is 1. The summed E-state index contributed by atoms with van der Waals surface area (Å²) in [4.78, 5) is 41.4. The van der Waals surface area contributed by atoms with Gasteiger partial charge in [-0.05, 0) is 30.2 Å². The van der Waals surface area contributed by atoms with Gasteiger partial charge in [-0.3, -0.25) is 9.59 Å². The van der Waals surface area contributed by atoms with E-state index >= 15 is 0 Å². The van der Waals surface area contributed by atoms with Crippen LogP contribution in [0.3, 0.4) is 0 Å². The van der Waals surface area contributed by atoms with E-state index in [2.05, 4.69) is 5.32 Å². The molecule has 0 saturated carbocycles. The van der Waals surface area contributed by atoms with Crippen LogP contribution in [0.2, 0.25) is 0 Å². The monoisotopic (exact) mass is 395 g/mol. The molecular weight excluding hydrogens is 374 g/mol. The number of hydrogen-bond donors (Lipinski definition) is 1. The van der Waals surface area contributed by atoms with Crippen molar-refractivity contribution in [1.82, 2.24) is 5.32 Å². The summed E-state index contributed by atoms with van der Waals surface area (Å²) in [5.74, 6) is -1.01. The van der Waals surface area contributed by atoms with Crippen LogP contribution >= 0.6 is 0 Å². The summed E-state index contributed by atoms with van der Waals surface area (Å²) in [7, 11) is 2.97. The molecule has 1 unspecified atom stereocenters. The molecular formula is C21H21N3O5. The van der Waals surface area contributed by atoms with Crippen molar-refractivity contribution >= 4 is 29.2 Å². The van der Waals surface area contributed by atoms with Gasteiger partial charge in [0.1, 0.15) is 5.92 Å². The fourth-order valence-electron chi connectivity index (χ4n) is 3.77. The first-order valence-corrected chi connectivity index (χ1v) is 9.28. The van der Waals surface area contributed by atoms with E-state index in [9.17, 15) is 14.4 Å². The largest absolute Gasteiger partial charge is 0.493 e. The summed E-state index contributed by atoms with van der Waals surface area (Å²) in [5, 5.41) is 2.65. The van der Waals surface area contributed by atoms with E-state index in [0.717, 1.165) is 22.6 Å². The normalized spacial score (nSPS) is 18.3. The van der Waals surface area contributed by atoms with Gasteiger partial charge in [-0.2, -0.15) is 0 Å². The number of nitrogens with one attached hydrogen (secondary N) is 1. The lowest BCUT2D eigenvalue weighted by atomic mass is 10.0. The van der Waals surface area contributed by atoms with E-state index in [1.807, 2.05) is 24.3 Å². The number of fused-ring (bicyclic) bond motifs is 1. The Morgan fingerprint density at radius 2 is 1.83 bits per heavy atom. The van der Waals surface area contributed by atoms with Crippen LogP contribution in [0, 0.1) is 5.92 Å². The lowest BCUT2D eigenvalue weighted by molar-refractivity contribution is -0.132. The number of methoxy groups -OCH3 is 2. The molecule has 2 heterocycles. The lowest BCUT2D eigenvalue weighted by Crippen LogP contribution is -2.59. The second-order valence-electron chi connectivity index (χ2n) is 6.82. The van der Waals surface area contributed by atoms with Gasteiger partial charge in [0.05, 0.1) is 19.9 Å². The number of rotatable bonds is 4. The zero-order valence-corrected chi connectivity index (χ0v) is 16.2. The Bertz CT molecular complexity index is 990. The Balaban J connectivity index is 1.62. The summed E-state index contributed by atoms with van der Waals surface area (Å²) < 4.78 is 10.5. The molecule has 2 aliphatic rings. The molecule has 0 bridgehead atoms. The van der Waals surface area contributed by atoms with Gasteiger partial charge in [0.25, 0.3) is 0 Å². The third-order valence-electron chi connectivity index (χ3n) is 5.26. The molecule has 2 aromatic rings. The lowest BCUT2D eigenvalue weighted by Gasteiger charge is -2.33. The fraction of sp³-hybridized carbons (Fsp3) is 0.286. The van der Waals surface area contributed by atoms with Crippen LogP contribution < -0.4 is 24.6 Å². The molecule has 1 N–H and O–H groups in total. The highest BCUT2D eigenvalue weighted by atomic mass is 16.5. The maximum atomic E-state index is 13.2. The molecule has 8 nitrogen and oxygen atoms in total. The maximum absolute atomic E-state index is 13.2. The number of anilines is 2. The van der Waals surface area contributed by atoms with Gasteiger partial charge in [0, 0.05) is 24.8 Å². The minimum absolute atomic E-state index is 0.0288. The molecule has 2 aromatic carbocycles. The van der Waals surface area contributed by atoms with Gasteiger partial charge < -0.3 is 19.7 Å². The number of amides is 4. The zero-order valence-electron chi connectivity index (χ0n) is 16.2. The minimum atomic E-state index is -0.994. The first kappa shape index (κ1) is 18.8. The number of para-hydroxylation sites is 1. The van der Waals surface area contributed by atoms with E-state index in [4.69, 9.17) is 9.47 Å². The van der Waals surface area contributed by atoms with Gasteiger partial charge in [0.2, 0.25) is 11.8 Å². The van der Waals surface area contributed by atoms with Gasteiger partial charge in [-0.25, -0.2) is 9.69 Å². The first-order valence-electron chi connectivity index (χ1n) is 9.28. The van der Waals surface area contributed by atoms with Crippen LogP contribution in [-0.2, 0) is 16.0 Å². The van der Waals surface area contributed by atoms with E-state index in [0.29, 0.717) is 23.7 Å². The summed E-state index contributed by atoms with van der Waals surface area (Å²) in [6.45, 7) is 0.491. The summed E-state index contributed by atoms with van der Waals surface area (Å²) in [5.41, 5.74) is 2.20. The average Bonchev–Trinajstić information content (AvgIpc) is 3.17. The van der Waals surface area contributed by atoms with E-state index < -0.39 is 17.9 Å². The number of nitrogens with zero attached hydrogens (tertiary/aromatic N) is 2. The SMILES string of the molecule is COc1ccc(N2C(=O)NCC(C(=O)N3CCc4ccccc43)C2=O)cc1OC. The number of imide groups is 1. The van der Waals surface area contributed by atoms with Crippen LogP contribution in [0.25, 0.3) is 0 Å². The van der Waals surface area contributed by atoms with Crippen molar-refractivity contribution < 1.29 is 23.9 Å². The number of carbonyl (C=O) groups is 3. The number of ether oxygens (including phenoxy) is 2. The Hall–Kier alpha value is -3.55. The molecule has 4 amide bonds. The number of hydrogen-bond acceptors (Lipinski definition) is 5. The molecule has 0 spiro atoms. The quantitative estimate of drug-likeness (QED) is 0.800. The number of benzene rings is 2. The van der Waals surface area contributed by atoms with Crippen molar-refractivity contribution in [3.8, 4) is 11.5 Å². The van der Waals surface area contributed by atoms with Crippen LogP contribution in [0.4, 0.5) is 16.2 Å². The molecule has 1 fully saturated rings. The Kier molecular flexibility index (Phi) is 4.84. The highest BCUT2D eigenvalue weighted by Gasteiger charge is 2.42. The zero-order chi connectivity index (χ0) is 20.5. The van der Waals surface area contributed by atoms with Crippen molar-refractivity contribution in [2.45, 2.75) is 6.42 Å². The molecule has 0 aromatic heterocycles. The van der Waals surface area contributed by atoms with Crippen LogP contribution in [-0.4, -0.2) is 45.2 Å². The minimum Gasteiger partial charge on any atom is -0.493 e. The van der Waals surface area contributed by atoms with Crippen molar-refractivity contribution in [2.75, 3.05) is 37.1 Å². The Labute approximate surface area is 168 Å². The Morgan fingerprint density at radius 1 is 1.07 bits per heavy atom. The van der Waals surface area contributed by atoms with Crippen molar-refractivity contribution in [1.29, 1.82) is 0 Å². The smallest absolute Gasteiger partial charge is 0.328 e. The highest BCUT2D eigenvalue weighted by molar-refractivity contribution is 6.23. The predicted molar refractivity (Wildman–Crippen MR) is 106 cm³/mol. The third-order valence-corrected chi connectivity index (χ3v) is 5.26. The molecule has 150 valence electrons. The molecule has 1 atom stereocenters. The van der Waals surface area contributed by atoms with Crippen LogP contribution in [0.15, 0.2) is 42.5 Å². The molecule has 29 heavy (non-hydrogen) atoms. The van der Waals surface area contributed by atoms with Gasteiger partial charge in [0.15, 0.2) is 11.5 Å². The molecule has 1 saturated heterocycles. The van der Waals surface area contributed by atoms with E-state index in [1.165, 1.54) is 20.3 Å². The van der Waals surface area contributed by atoms with Crippen LogP contribution in [0.1, 0.15) is 5.56 Å². The second-order valence-corrected chi connectivity index (χ2v) is 6.82. The Morgan fingerprint density at radius 3 is 2.59 bits per heavy atom.